The number of oxime groups is 1. The maximum atomic E-state index is 13.7. The van der Waals surface area contributed by atoms with E-state index in [1.807, 2.05) is 6.07 Å². The molecule has 2 rings (SSSR count). The molecule has 2 aromatic carbocycles. The number of ether oxygens (including phenoxy) is 1. The Morgan fingerprint density at radius 3 is 2.75 bits per heavy atom. The molecule has 1 N–H and O–H groups in total. The lowest BCUT2D eigenvalue weighted by Gasteiger charge is -2.11. The van der Waals surface area contributed by atoms with Crippen molar-refractivity contribution in [2.75, 3.05) is 0 Å². The highest BCUT2D eigenvalue weighted by atomic mass is 79.9. The van der Waals surface area contributed by atoms with Gasteiger partial charge in [0.15, 0.2) is 0 Å². The summed E-state index contributed by atoms with van der Waals surface area (Å²) >= 11 is 3.21. The number of rotatable bonds is 4. The predicted molar refractivity (Wildman–Crippen MR) is 78.9 cm³/mol. The molecule has 0 atom stereocenters. The van der Waals surface area contributed by atoms with E-state index >= 15 is 0 Å². The van der Waals surface area contributed by atoms with Gasteiger partial charge in [0.05, 0.1) is 5.71 Å². The molecular formula is C15H13BrFNO2. The van der Waals surface area contributed by atoms with Gasteiger partial charge in [0, 0.05) is 15.6 Å². The summed E-state index contributed by atoms with van der Waals surface area (Å²) in [5.74, 6) is 0.217. The molecule has 0 unspecified atom stereocenters. The molecule has 0 aromatic heterocycles. The van der Waals surface area contributed by atoms with Crippen LogP contribution in [0.15, 0.2) is 52.1 Å². The molecule has 5 heteroatoms. The van der Waals surface area contributed by atoms with E-state index in [4.69, 9.17) is 9.94 Å². The zero-order valence-electron chi connectivity index (χ0n) is 10.8. The van der Waals surface area contributed by atoms with E-state index in [0.29, 0.717) is 27.1 Å². The summed E-state index contributed by atoms with van der Waals surface area (Å²) in [6.45, 7) is 1.78. The molecule has 0 radical (unpaired) electrons. The van der Waals surface area contributed by atoms with Gasteiger partial charge in [-0.3, -0.25) is 0 Å². The molecule has 0 aliphatic carbocycles. The minimum absolute atomic E-state index is 0.106. The Labute approximate surface area is 124 Å². The Bertz CT molecular complexity index is 644. The second kappa shape index (κ2) is 6.52. The smallest absolute Gasteiger partial charge is 0.130 e. The Balaban J connectivity index is 2.19. The van der Waals surface area contributed by atoms with Crippen molar-refractivity contribution in [2.24, 2.45) is 5.16 Å². The van der Waals surface area contributed by atoms with Crippen LogP contribution < -0.4 is 4.74 Å². The van der Waals surface area contributed by atoms with E-state index in [9.17, 15) is 4.39 Å². The fourth-order valence-corrected chi connectivity index (χ4v) is 2.07. The van der Waals surface area contributed by atoms with Crippen molar-refractivity contribution in [2.45, 2.75) is 13.5 Å². The van der Waals surface area contributed by atoms with Gasteiger partial charge in [-0.15, -0.1) is 0 Å². The van der Waals surface area contributed by atoms with Crippen LogP contribution in [-0.2, 0) is 6.61 Å². The van der Waals surface area contributed by atoms with Gasteiger partial charge >= 0.3 is 0 Å². The van der Waals surface area contributed by atoms with Crippen LogP contribution in [0.25, 0.3) is 0 Å². The lowest BCUT2D eigenvalue weighted by molar-refractivity contribution is 0.297. The summed E-state index contributed by atoms with van der Waals surface area (Å²) in [7, 11) is 0. The first kappa shape index (κ1) is 14.5. The van der Waals surface area contributed by atoms with Crippen molar-refractivity contribution in [1.29, 1.82) is 0 Å². The van der Waals surface area contributed by atoms with Gasteiger partial charge in [0.2, 0.25) is 0 Å². The maximum absolute atomic E-state index is 13.7. The van der Waals surface area contributed by atoms with E-state index in [-0.39, 0.29) is 12.4 Å². The van der Waals surface area contributed by atoms with Crippen LogP contribution >= 0.6 is 15.9 Å². The Hall–Kier alpha value is -1.88. The molecule has 0 saturated carbocycles. The average Bonchev–Trinajstić information content (AvgIpc) is 2.46. The molecular weight excluding hydrogens is 325 g/mol. The number of para-hydroxylation sites is 1. The monoisotopic (exact) mass is 337 g/mol. The van der Waals surface area contributed by atoms with Crippen LogP contribution in [0.1, 0.15) is 18.1 Å². The lowest BCUT2D eigenvalue weighted by Crippen LogP contribution is -2.03. The Kier molecular flexibility index (Phi) is 4.74. The summed E-state index contributed by atoms with van der Waals surface area (Å²) in [5.41, 5.74) is 1.57. The van der Waals surface area contributed by atoms with Gasteiger partial charge in [-0.05, 0) is 31.2 Å². The van der Waals surface area contributed by atoms with Crippen molar-refractivity contribution < 1.29 is 14.3 Å². The Morgan fingerprint density at radius 2 is 2.05 bits per heavy atom. The first-order valence-corrected chi connectivity index (χ1v) is 6.76. The van der Waals surface area contributed by atoms with Crippen molar-refractivity contribution in [3.8, 4) is 5.75 Å². The van der Waals surface area contributed by atoms with Gasteiger partial charge < -0.3 is 9.94 Å². The van der Waals surface area contributed by atoms with Crippen LogP contribution in [0.2, 0.25) is 0 Å². The Morgan fingerprint density at radius 1 is 1.30 bits per heavy atom. The molecule has 3 nitrogen and oxygen atoms in total. The quantitative estimate of drug-likeness (QED) is 0.511. The number of nitrogens with zero attached hydrogens (tertiary/aromatic N) is 1. The van der Waals surface area contributed by atoms with Crippen LogP contribution in [-0.4, -0.2) is 10.9 Å². The van der Waals surface area contributed by atoms with E-state index in [0.717, 1.165) is 0 Å². The predicted octanol–water partition coefficient (Wildman–Crippen LogP) is 4.37. The average molecular weight is 338 g/mol. The normalized spacial score (nSPS) is 11.4. The van der Waals surface area contributed by atoms with Crippen LogP contribution in [0.5, 0.6) is 5.75 Å². The largest absolute Gasteiger partial charge is 0.488 e. The third kappa shape index (κ3) is 3.36. The first-order valence-electron chi connectivity index (χ1n) is 5.96. The minimum Gasteiger partial charge on any atom is -0.488 e. The molecule has 0 heterocycles. The number of benzene rings is 2. The molecule has 0 saturated heterocycles. The second-order valence-electron chi connectivity index (χ2n) is 4.21. The van der Waals surface area contributed by atoms with Gasteiger partial charge in [0.1, 0.15) is 18.2 Å². The van der Waals surface area contributed by atoms with E-state index < -0.39 is 0 Å². The molecule has 104 valence electrons. The zero-order valence-corrected chi connectivity index (χ0v) is 12.4. The van der Waals surface area contributed by atoms with Gasteiger partial charge in [0.25, 0.3) is 0 Å². The first-order chi connectivity index (χ1) is 9.61. The third-order valence-corrected chi connectivity index (χ3v) is 3.32. The fourth-order valence-electron chi connectivity index (χ4n) is 1.74. The molecule has 0 aliphatic rings. The number of halogens is 2. The van der Waals surface area contributed by atoms with Crippen molar-refractivity contribution >= 4 is 21.6 Å². The van der Waals surface area contributed by atoms with E-state index in [1.165, 1.54) is 6.07 Å². The molecule has 20 heavy (non-hydrogen) atoms. The van der Waals surface area contributed by atoms with E-state index in [2.05, 4.69) is 21.1 Å². The van der Waals surface area contributed by atoms with Crippen LogP contribution in [0, 0.1) is 5.82 Å². The molecule has 0 bridgehead atoms. The maximum Gasteiger partial charge on any atom is 0.130 e. The summed E-state index contributed by atoms with van der Waals surface area (Å²) in [4.78, 5) is 0. The summed E-state index contributed by atoms with van der Waals surface area (Å²) in [6.07, 6.45) is 0. The third-order valence-electron chi connectivity index (χ3n) is 2.83. The van der Waals surface area contributed by atoms with Crippen molar-refractivity contribution in [3.05, 3.63) is 63.9 Å². The highest BCUT2D eigenvalue weighted by Gasteiger charge is 2.08. The molecule has 0 spiro atoms. The van der Waals surface area contributed by atoms with Crippen molar-refractivity contribution in [3.63, 3.8) is 0 Å². The second-order valence-corrected chi connectivity index (χ2v) is 5.12. The van der Waals surface area contributed by atoms with E-state index in [1.54, 1.807) is 37.3 Å². The summed E-state index contributed by atoms with van der Waals surface area (Å²) in [5, 5.41) is 12.0. The molecule has 2 aromatic rings. The van der Waals surface area contributed by atoms with Crippen molar-refractivity contribution in [1.82, 2.24) is 0 Å². The summed E-state index contributed by atoms with van der Waals surface area (Å²) in [6, 6.07) is 12.0. The molecule has 0 fully saturated rings. The van der Waals surface area contributed by atoms with Crippen LogP contribution in [0.4, 0.5) is 4.39 Å². The SMILES string of the molecule is C/C(=N\O)c1ccccc1OCc1ccc(Br)cc1F. The lowest BCUT2D eigenvalue weighted by atomic mass is 10.1. The number of hydrogen-bond acceptors (Lipinski definition) is 3. The zero-order chi connectivity index (χ0) is 14.5. The highest BCUT2D eigenvalue weighted by Crippen LogP contribution is 2.22. The summed E-state index contributed by atoms with van der Waals surface area (Å²) < 4.78 is 20.0. The van der Waals surface area contributed by atoms with Crippen LogP contribution in [0.3, 0.4) is 0 Å². The van der Waals surface area contributed by atoms with Gasteiger partial charge in [-0.2, -0.15) is 0 Å². The fraction of sp³-hybridized carbons (Fsp3) is 0.133. The van der Waals surface area contributed by atoms with Gasteiger partial charge in [-0.1, -0.05) is 39.3 Å². The molecule has 0 amide bonds. The topological polar surface area (TPSA) is 41.8 Å². The highest BCUT2D eigenvalue weighted by molar-refractivity contribution is 9.10. The minimum atomic E-state index is -0.329. The number of hydrogen-bond donors (Lipinski definition) is 1. The van der Waals surface area contributed by atoms with Gasteiger partial charge in [-0.25, -0.2) is 4.39 Å². The molecule has 0 aliphatic heterocycles. The standard InChI is InChI=1S/C15H13BrFNO2/c1-10(18-19)13-4-2-3-5-15(13)20-9-11-6-7-12(16)8-14(11)17/h2-8,19H,9H2,1H3/b18-10+.